The molecule has 1 heterocycles. The molecule has 0 aliphatic rings. The van der Waals surface area contributed by atoms with Gasteiger partial charge in [0.2, 0.25) is 0 Å². The van der Waals surface area contributed by atoms with Crippen molar-refractivity contribution >= 4 is 26.8 Å². The zero-order chi connectivity index (χ0) is 16.5. The maximum atomic E-state index is 13.3. The number of rotatable bonds is 2. The molecular formula is C21H13BrFN. The third-order valence-electron chi connectivity index (χ3n) is 4.01. The summed E-state index contributed by atoms with van der Waals surface area (Å²) in [5.74, 6) is -0.251. The Hall–Kier alpha value is -2.52. The van der Waals surface area contributed by atoms with Crippen molar-refractivity contribution in [3.63, 3.8) is 0 Å². The molecule has 0 fully saturated rings. The van der Waals surface area contributed by atoms with E-state index in [1.807, 2.05) is 36.4 Å². The van der Waals surface area contributed by atoms with Crippen molar-refractivity contribution in [2.24, 2.45) is 0 Å². The number of fused-ring (bicyclic) bond motifs is 1. The van der Waals surface area contributed by atoms with Crippen LogP contribution >= 0.6 is 15.9 Å². The van der Waals surface area contributed by atoms with Crippen LogP contribution in [0.2, 0.25) is 0 Å². The molecule has 3 aromatic carbocycles. The van der Waals surface area contributed by atoms with Crippen molar-refractivity contribution < 1.29 is 4.39 Å². The SMILES string of the molecule is Fc1ccc(-c2nc3ccccc3c(-c3ccccc3)c2Br)cc1. The summed E-state index contributed by atoms with van der Waals surface area (Å²) < 4.78 is 14.2. The second-order valence-corrected chi connectivity index (χ2v) is 6.33. The Morgan fingerprint density at radius 1 is 0.708 bits per heavy atom. The van der Waals surface area contributed by atoms with Gasteiger partial charge in [-0.1, -0.05) is 48.5 Å². The fourth-order valence-corrected chi connectivity index (χ4v) is 3.63. The average molecular weight is 378 g/mol. The number of pyridine rings is 1. The number of para-hydroxylation sites is 1. The Morgan fingerprint density at radius 2 is 1.38 bits per heavy atom. The van der Waals surface area contributed by atoms with Gasteiger partial charge in [0.25, 0.3) is 0 Å². The highest BCUT2D eigenvalue weighted by Crippen LogP contribution is 2.40. The van der Waals surface area contributed by atoms with E-state index in [-0.39, 0.29) is 5.82 Å². The second kappa shape index (κ2) is 6.17. The van der Waals surface area contributed by atoms with Gasteiger partial charge in [0.15, 0.2) is 0 Å². The van der Waals surface area contributed by atoms with Crippen LogP contribution in [0.25, 0.3) is 33.3 Å². The molecule has 24 heavy (non-hydrogen) atoms. The van der Waals surface area contributed by atoms with Crippen LogP contribution in [-0.4, -0.2) is 4.98 Å². The van der Waals surface area contributed by atoms with E-state index in [1.165, 1.54) is 12.1 Å². The molecule has 4 aromatic rings. The first-order chi connectivity index (χ1) is 11.7. The summed E-state index contributed by atoms with van der Waals surface area (Å²) >= 11 is 3.74. The first-order valence-electron chi connectivity index (χ1n) is 7.63. The molecule has 1 nitrogen and oxygen atoms in total. The molecule has 0 N–H and O–H groups in total. The van der Waals surface area contributed by atoms with E-state index in [0.717, 1.165) is 37.8 Å². The van der Waals surface area contributed by atoms with Gasteiger partial charge in [-0.3, -0.25) is 0 Å². The Labute approximate surface area is 147 Å². The van der Waals surface area contributed by atoms with Crippen LogP contribution < -0.4 is 0 Å². The lowest BCUT2D eigenvalue weighted by Gasteiger charge is -2.14. The third-order valence-corrected chi connectivity index (χ3v) is 4.79. The van der Waals surface area contributed by atoms with E-state index in [1.54, 1.807) is 12.1 Å². The van der Waals surface area contributed by atoms with Gasteiger partial charge < -0.3 is 0 Å². The molecule has 116 valence electrons. The highest BCUT2D eigenvalue weighted by Gasteiger charge is 2.15. The third kappa shape index (κ3) is 2.61. The normalized spacial score (nSPS) is 10.9. The van der Waals surface area contributed by atoms with Crippen LogP contribution in [-0.2, 0) is 0 Å². The maximum absolute atomic E-state index is 13.3. The summed E-state index contributed by atoms with van der Waals surface area (Å²) in [4.78, 5) is 4.79. The molecule has 0 spiro atoms. The first kappa shape index (κ1) is 15.0. The van der Waals surface area contributed by atoms with E-state index < -0.39 is 0 Å². The standard InChI is InChI=1S/C21H13BrFN/c22-20-19(14-6-2-1-3-7-14)17-8-4-5-9-18(17)24-21(20)15-10-12-16(23)13-11-15/h1-13H. The van der Waals surface area contributed by atoms with Crippen molar-refractivity contribution in [2.45, 2.75) is 0 Å². The molecule has 0 saturated heterocycles. The van der Waals surface area contributed by atoms with Gasteiger partial charge >= 0.3 is 0 Å². The number of aromatic nitrogens is 1. The molecule has 3 heteroatoms. The highest BCUT2D eigenvalue weighted by molar-refractivity contribution is 9.10. The summed E-state index contributed by atoms with van der Waals surface area (Å²) in [6.45, 7) is 0. The van der Waals surface area contributed by atoms with Gasteiger partial charge in [0, 0.05) is 16.5 Å². The summed E-state index contributed by atoms with van der Waals surface area (Å²) in [6, 6.07) is 24.7. The van der Waals surface area contributed by atoms with Crippen molar-refractivity contribution in [2.75, 3.05) is 0 Å². The summed E-state index contributed by atoms with van der Waals surface area (Å²) in [6.07, 6.45) is 0. The van der Waals surface area contributed by atoms with E-state index in [0.29, 0.717) is 0 Å². The summed E-state index contributed by atoms with van der Waals surface area (Å²) in [7, 11) is 0. The zero-order valence-electron chi connectivity index (χ0n) is 12.7. The second-order valence-electron chi connectivity index (χ2n) is 5.54. The zero-order valence-corrected chi connectivity index (χ0v) is 14.3. The molecule has 0 bridgehead atoms. The molecule has 0 radical (unpaired) electrons. The van der Waals surface area contributed by atoms with Crippen LogP contribution in [0.4, 0.5) is 4.39 Å². The van der Waals surface area contributed by atoms with Gasteiger partial charge in [0.1, 0.15) is 5.82 Å². The molecule has 1 aromatic heterocycles. The van der Waals surface area contributed by atoms with E-state index in [9.17, 15) is 4.39 Å². The monoisotopic (exact) mass is 377 g/mol. The Morgan fingerprint density at radius 3 is 2.12 bits per heavy atom. The Kier molecular flexibility index (Phi) is 3.87. The highest BCUT2D eigenvalue weighted by atomic mass is 79.9. The molecule has 0 aliphatic carbocycles. The van der Waals surface area contributed by atoms with Crippen molar-refractivity contribution in [3.05, 3.63) is 89.2 Å². The van der Waals surface area contributed by atoms with Crippen LogP contribution in [0.3, 0.4) is 0 Å². The van der Waals surface area contributed by atoms with E-state index >= 15 is 0 Å². The molecule has 0 atom stereocenters. The minimum Gasteiger partial charge on any atom is -0.247 e. The molecule has 0 amide bonds. The number of hydrogen-bond acceptors (Lipinski definition) is 1. The molecule has 0 aliphatic heterocycles. The van der Waals surface area contributed by atoms with Crippen LogP contribution in [0.1, 0.15) is 0 Å². The molecule has 0 unspecified atom stereocenters. The predicted molar refractivity (Wildman–Crippen MR) is 100 cm³/mol. The van der Waals surface area contributed by atoms with E-state index in [4.69, 9.17) is 4.98 Å². The first-order valence-corrected chi connectivity index (χ1v) is 8.43. The van der Waals surface area contributed by atoms with Gasteiger partial charge in [0.05, 0.1) is 15.7 Å². The quantitative estimate of drug-likeness (QED) is 0.390. The lowest BCUT2D eigenvalue weighted by Crippen LogP contribution is -1.93. The number of benzene rings is 3. The fourth-order valence-electron chi connectivity index (χ4n) is 2.87. The number of hydrogen-bond donors (Lipinski definition) is 0. The molecule has 4 rings (SSSR count). The lowest BCUT2D eigenvalue weighted by atomic mass is 9.98. The Balaban J connectivity index is 2.06. The van der Waals surface area contributed by atoms with Crippen molar-refractivity contribution in [1.29, 1.82) is 0 Å². The van der Waals surface area contributed by atoms with Crippen molar-refractivity contribution in [1.82, 2.24) is 4.98 Å². The average Bonchev–Trinajstić information content (AvgIpc) is 2.63. The largest absolute Gasteiger partial charge is 0.247 e. The minimum absolute atomic E-state index is 0.251. The Bertz CT molecular complexity index is 1010. The van der Waals surface area contributed by atoms with Gasteiger partial charge in [-0.25, -0.2) is 9.37 Å². The van der Waals surface area contributed by atoms with Gasteiger partial charge in [-0.05, 0) is 51.8 Å². The van der Waals surface area contributed by atoms with Crippen molar-refractivity contribution in [3.8, 4) is 22.4 Å². The minimum atomic E-state index is -0.251. The van der Waals surface area contributed by atoms with Crippen LogP contribution in [0, 0.1) is 5.82 Å². The fraction of sp³-hybridized carbons (Fsp3) is 0. The lowest BCUT2D eigenvalue weighted by molar-refractivity contribution is 0.628. The molecule has 0 saturated carbocycles. The topological polar surface area (TPSA) is 12.9 Å². The van der Waals surface area contributed by atoms with Crippen LogP contribution in [0.15, 0.2) is 83.3 Å². The predicted octanol–water partition coefficient (Wildman–Crippen LogP) is 6.47. The smallest absolute Gasteiger partial charge is 0.123 e. The summed E-state index contributed by atoms with van der Waals surface area (Å²) in [5, 5.41) is 1.08. The summed E-state index contributed by atoms with van der Waals surface area (Å²) in [5.41, 5.74) is 4.82. The van der Waals surface area contributed by atoms with Gasteiger partial charge in [-0.2, -0.15) is 0 Å². The van der Waals surface area contributed by atoms with Crippen LogP contribution in [0.5, 0.6) is 0 Å². The maximum Gasteiger partial charge on any atom is 0.123 e. The van der Waals surface area contributed by atoms with E-state index in [2.05, 4.69) is 34.1 Å². The number of nitrogens with zero attached hydrogens (tertiary/aromatic N) is 1. The van der Waals surface area contributed by atoms with Gasteiger partial charge in [-0.15, -0.1) is 0 Å². The number of halogens is 2. The molecular weight excluding hydrogens is 365 g/mol.